The minimum Gasteiger partial charge on any atom is -0.469 e. The summed E-state index contributed by atoms with van der Waals surface area (Å²) < 4.78 is 25.8. The van der Waals surface area contributed by atoms with Gasteiger partial charge in [0.05, 0.1) is 18.2 Å². The maximum absolute atomic E-state index is 14.6. The van der Waals surface area contributed by atoms with Crippen molar-refractivity contribution in [1.82, 2.24) is 10.6 Å². The quantitative estimate of drug-likeness (QED) is 0.307. The number of hydrogen-bond donors (Lipinski definition) is 2. The van der Waals surface area contributed by atoms with Crippen LogP contribution in [0.3, 0.4) is 0 Å². The van der Waals surface area contributed by atoms with E-state index in [2.05, 4.69) is 22.8 Å². The Labute approximate surface area is 224 Å². The molecule has 37 heavy (non-hydrogen) atoms. The van der Waals surface area contributed by atoms with Crippen LogP contribution in [0.15, 0.2) is 66.6 Å². The highest BCUT2D eigenvalue weighted by Gasteiger charge is 2.17. The Balaban J connectivity index is 0.00000201. The van der Waals surface area contributed by atoms with Crippen LogP contribution in [-0.2, 0) is 16.0 Å². The molecule has 2 aromatic carbocycles. The van der Waals surface area contributed by atoms with Gasteiger partial charge in [-0.2, -0.15) is 5.26 Å². The van der Waals surface area contributed by atoms with Gasteiger partial charge in [0, 0.05) is 38.7 Å². The highest BCUT2D eigenvalue weighted by molar-refractivity contribution is 5.64. The zero-order valence-corrected chi connectivity index (χ0v) is 24.0. The third kappa shape index (κ3) is 13.1. The van der Waals surface area contributed by atoms with Crippen LogP contribution in [0.2, 0.25) is 0 Å². The molecule has 0 fully saturated rings. The Morgan fingerprint density at radius 1 is 1.00 bits per heavy atom. The topological polar surface area (TPSA) is 66.3 Å². The van der Waals surface area contributed by atoms with Crippen LogP contribution in [0.5, 0.6) is 0 Å². The molecule has 204 valence electrons. The summed E-state index contributed by atoms with van der Waals surface area (Å²) in [4.78, 5) is 0. The molecule has 1 aliphatic rings. The molecule has 0 bridgehead atoms. The summed E-state index contributed by atoms with van der Waals surface area (Å²) in [6.07, 6.45) is 6.26. The van der Waals surface area contributed by atoms with E-state index in [0.29, 0.717) is 30.8 Å². The van der Waals surface area contributed by atoms with E-state index in [1.165, 1.54) is 5.57 Å². The number of nitrogens with one attached hydrogen (secondary N) is 2. The molecule has 0 amide bonds. The van der Waals surface area contributed by atoms with Crippen LogP contribution in [0, 0.1) is 17.1 Å². The molecule has 5 nitrogen and oxygen atoms in total. The van der Waals surface area contributed by atoms with E-state index in [0.717, 1.165) is 24.1 Å². The molecule has 3 rings (SSSR count). The fourth-order valence-electron chi connectivity index (χ4n) is 3.17. The van der Waals surface area contributed by atoms with Gasteiger partial charge in [0.25, 0.3) is 0 Å². The highest BCUT2D eigenvalue weighted by Crippen LogP contribution is 2.22. The molecule has 2 aromatic rings. The van der Waals surface area contributed by atoms with Crippen molar-refractivity contribution in [1.29, 1.82) is 5.26 Å². The summed E-state index contributed by atoms with van der Waals surface area (Å²) >= 11 is 0. The van der Waals surface area contributed by atoms with Crippen LogP contribution in [0.25, 0.3) is 11.1 Å². The van der Waals surface area contributed by atoms with Gasteiger partial charge in [-0.3, -0.25) is 0 Å². The average Bonchev–Trinajstić information content (AvgIpc) is 2.94. The lowest BCUT2D eigenvalue weighted by molar-refractivity contribution is -0.173. The summed E-state index contributed by atoms with van der Waals surface area (Å²) in [5.74, 6) is -0.911. The van der Waals surface area contributed by atoms with E-state index in [1.54, 1.807) is 36.7 Å². The van der Waals surface area contributed by atoms with E-state index in [1.807, 2.05) is 73.6 Å². The van der Waals surface area contributed by atoms with Crippen molar-refractivity contribution in [3.8, 4) is 17.2 Å². The molecule has 2 N–H and O–H groups in total. The summed E-state index contributed by atoms with van der Waals surface area (Å²) in [5.41, 5.74) is 4.11. The van der Waals surface area contributed by atoms with Crippen LogP contribution in [-0.4, -0.2) is 25.5 Å². The molecule has 1 aliphatic heterocycles. The van der Waals surface area contributed by atoms with Crippen molar-refractivity contribution < 1.29 is 13.9 Å². The van der Waals surface area contributed by atoms with E-state index in [4.69, 9.17) is 14.7 Å². The number of benzene rings is 2. The Bertz CT molecular complexity index is 977. The first-order valence-corrected chi connectivity index (χ1v) is 13.3. The maximum atomic E-state index is 14.6. The Hall–Kier alpha value is -3.14. The van der Waals surface area contributed by atoms with Crippen molar-refractivity contribution in [2.24, 2.45) is 0 Å². The SMILES string of the molecule is CC.CC.CC.CC1(C)O/C=C/NC/C(CCNCc2ccc(-c3ccc(C#N)cc3)cc2F)=C/CO1. The van der Waals surface area contributed by atoms with Gasteiger partial charge in [0.2, 0.25) is 5.79 Å². The fraction of sp³-hybridized carbons (Fsp3) is 0.452. The monoisotopic (exact) mass is 511 g/mol. The Kier molecular flexibility index (Phi) is 18.3. The van der Waals surface area contributed by atoms with E-state index < -0.39 is 5.79 Å². The zero-order valence-electron chi connectivity index (χ0n) is 24.0. The molecular weight excluding hydrogens is 465 g/mol. The van der Waals surface area contributed by atoms with Crippen LogP contribution in [0.4, 0.5) is 4.39 Å². The molecule has 0 unspecified atom stereocenters. The molecule has 0 aliphatic carbocycles. The lowest BCUT2D eigenvalue weighted by atomic mass is 10.0. The molecule has 0 aromatic heterocycles. The smallest absolute Gasteiger partial charge is 0.204 e. The van der Waals surface area contributed by atoms with Gasteiger partial charge >= 0.3 is 0 Å². The summed E-state index contributed by atoms with van der Waals surface area (Å²) in [6.45, 7) is 18.1. The van der Waals surface area contributed by atoms with Crippen LogP contribution >= 0.6 is 0 Å². The van der Waals surface area contributed by atoms with E-state index in [9.17, 15) is 4.39 Å². The van der Waals surface area contributed by atoms with Gasteiger partial charge in [0.15, 0.2) is 0 Å². The number of hydrogen-bond acceptors (Lipinski definition) is 5. The standard InChI is InChI=1S/C25H28FN3O2.3C2H6/c1-25(2)30-13-10-20(17-29-12-14-31-25)9-11-28-18-23-8-7-22(15-24(23)26)21-5-3-19(16-27)4-6-21;3*1-2/h3-8,10,12,14-15,28-29H,9,11,13,17-18H2,1-2H3;3*1-2H3/b14-12+,20-10+;;;. The first-order chi connectivity index (χ1) is 18.0. The number of halogens is 1. The predicted octanol–water partition coefficient (Wildman–Crippen LogP) is 7.69. The second kappa shape index (κ2) is 20.0. The van der Waals surface area contributed by atoms with Crippen molar-refractivity contribution in [2.45, 2.75) is 74.1 Å². The normalized spacial score (nSPS) is 16.1. The lowest BCUT2D eigenvalue weighted by Crippen LogP contribution is -2.28. The summed E-state index contributed by atoms with van der Waals surface area (Å²) in [6, 6.07) is 14.5. The Morgan fingerprint density at radius 2 is 1.65 bits per heavy atom. The van der Waals surface area contributed by atoms with Gasteiger partial charge in [-0.1, -0.05) is 77.5 Å². The molecule has 1 heterocycles. The molecule has 0 spiro atoms. The number of nitrogens with zero attached hydrogens (tertiary/aromatic N) is 1. The van der Waals surface area contributed by atoms with E-state index in [-0.39, 0.29) is 5.82 Å². The van der Waals surface area contributed by atoms with Gasteiger partial charge in [-0.05, 0) is 42.3 Å². The van der Waals surface area contributed by atoms with Crippen molar-refractivity contribution in [3.63, 3.8) is 0 Å². The summed E-state index contributed by atoms with van der Waals surface area (Å²) in [5, 5.41) is 15.4. The molecule has 0 radical (unpaired) electrons. The van der Waals surface area contributed by atoms with Crippen molar-refractivity contribution in [3.05, 3.63) is 83.5 Å². The minimum atomic E-state index is -0.670. The number of nitriles is 1. The largest absolute Gasteiger partial charge is 0.469 e. The van der Waals surface area contributed by atoms with Crippen molar-refractivity contribution >= 4 is 0 Å². The molecule has 0 saturated carbocycles. The summed E-state index contributed by atoms with van der Waals surface area (Å²) in [7, 11) is 0. The average molecular weight is 512 g/mol. The zero-order chi connectivity index (χ0) is 28.1. The number of rotatable bonds is 6. The molecule has 6 heteroatoms. The molecule has 0 saturated heterocycles. The minimum absolute atomic E-state index is 0.241. The second-order valence-corrected chi connectivity index (χ2v) is 7.80. The van der Waals surface area contributed by atoms with Crippen molar-refractivity contribution in [2.75, 3.05) is 19.7 Å². The highest BCUT2D eigenvalue weighted by atomic mass is 19.1. The lowest BCUT2D eigenvalue weighted by Gasteiger charge is -2.25. The third-order valence-corrected chi connectivity index (χ3v) is 5.01. The first kappa shape index (κ1) is 33.9. The van der Waals surface area contributed by atoms with Crippen LogP contribution < -0.4 is 10.6 Å². The molecule has 0 atom stereocenters. The van der Waals surface area contributed by atoms with Gasteiger partial charge in [0.1, 0.15) is 12.1 Å². The predicted molar refractivity (Wildman–Crippen MR) is 153 cm³/mol. The van der Waals surface area contributed by atoms with Crippen LogP contribution in [0.1, 0.15) is 72.9 Å². The van der Waals surface area contributed by atoms with Gasteiger partial charge in [-0.25, -0.2) is 4.39 Å². The maximum Gasteiger partial charge on any atom is 0.204 e. The fourth-order valence-corrected chi connectivity index (χ4v) is 3.17. The first-order valence-electron chi connectivity index (χ1n) is 13.3. The number of ether oxygens (including phenoxy) is 2. The van der Waals surface area contributed by atoms with Gasteiger partial charge in [-0.15, -0.1) is 0 Å². The third-order valence-electron chi connectivity index (χ3n) is 5.01. The molecular formula is C31H46FN3O2. The van der Waals surface area contributed by atoms with Gasteiger partial charge < -0.3 is 20.1 Å². The second-order valence-electron chi connectivity index (χ2n) is 7.80. The van der Waals surface area contributed by atoms with E-state index >= 15 is 0 Å². The Morgan fingerprint density at radius 3 is 2.27 bits per heavy atom.